The standard InChI is InChI=1S/C22H26N2O5S/c1-17-10-11-19(30(27,28)24-12-6-3-7-13-24)14-20(17)22(26)23-15-21(25)29-16-18-8-4-2-5-9-18/h2,4-5,8-11,14H,3,6-7,12-13,15-16H2,1H3,(H,23,26). The fourth-order valence-corrected chi connectivity index (χ4v) is 4.84. The number of rotatable bonds is 7. The van der Waals surface area contributed by atoms with E-state index in [2.05, 4.69) is 5.32 Å². The molecule has 8 heteroatoms. The first-order chi connectivity index (χ1) is 14.4. The molecule has 0 saturated carbocycles. The number of hydrogen-bond acceptors (Lipinski definition) is 5. The lowest BCUT2D eigenvalue weighted by atomic mass is 10.1. The third-order valence-corrected chi connectivity index (χ3v) is 6.94. The molecule has 1 saturated heterocycles. The normalized spacial score (nSPS) is 14.8. The summed E-state index contributed by atoms with van der Waals surface area (Å²) in [5.41, 5.74) is 1.70. The Morgan fingerprint density at radius 3 is 2.43 bits per heavy atom. The van der Waals surface area contributed by atoms with E-state index in [1.807, 2.05) is 30.3 Å². The van der Waals surface area contributed by atoms with E-state index < -0.39 is 21.9 Å². The minimum absolute atomic E-state index is 0.0896. The number of ether oxygens (including phenoxy) is 1. The summed E-state index contributed by atoms with van der Waals surface area (Å²) in [5, 5.41) is 2.51. The molecule has 0 spiro atoms. The molecular weight excluding hydrogens is 404 g/mol. The van der Waals surface area contributed by atoms with Crippen molar-refractivity contribution in [2.24, 2.45) is 0 Å². The first-order valence-corrected chi connectivity index (χ1v) is 11.4. The number of esters is 1. The van der Waals surface area contributed by atoms with Gasteiger partial charge in [-0.25, -0.2) is 8.42 Å². The average Bonchev–Trinajstić information content (AvgIpc) is 2.77. The summed E-state index contributed by atoms with van der Waals surface area (Å²) in [6.45, 7) is 2.53. The smallest absolute Gasteiger partial charge is 0.325 e. The van der Waals surface area contributed by atoms with E-state index in [0.29, 0.717) is 18.7 Å². The molecule has 7 nitrogen and oxygen atoms in total. The number of nitrogens with one attached hydrogen (secondary N) is 1. The van der Waals surface area contributed by atoms with E-state index in [4.69, 9.17) is 4.74 Å². The van der Waals surface area contributed by atoms with Gasteiger partial charge in [0.05, 0.1) is 4.90 Å². The molecule has 1 N–H and O–H groups in total. The van der Waals surface area contributed by atoms with Gasteiger partial charge >= 0.3 is 5.97 Å². The highest BCUT2D eigenvalue weighted by Gasteiger charge is 2.27. The molecule has 30 heavy (non-hydrogen) atoms. The molecule has 1 heterocycles. The van der Waals surface area contributed by atoms with Crippen LogP contribution in [0, 0.1) is 6.92 Å². The van der Waals surface area contributed by atoms with Gasteiger partial charge in [-0.15, -0.1) is 0 Å². The van der Waals surface area contributed by atoms with Crippen LogP contribution in [0.4, 0.5) is 0 Å². The zero-order valence-corrected chi connectivity index (χ0v) is 17.8. The Hall–Kier alpha value is -2.71. The number of piperidine rings is 1. The van der Waals surface area contributed by atoms with Crippen molar-refractivity contribution in [3.05, 3.63) is 65.2 Å². The Morgan fingerprint density at radius 1 is 1.03 bits per heavy atom. The lowest BCUT2D eigenvalue weighted by molar-refractivity contribution is -0.143. The summed E-state index contributed by atoms with van der Waals surface area (Å²) in [7, 11) is -3.64. The second-order valence-electron chi connectivity index (χ2n) is 7.27. The molecule has 0 atom stereocenters. The minimum atomic E-state index is -3.64. The van der Waals surface area contributed by atoms with Crippen LogP contribution in [0.15, 0.2) is 53.4 Å². The quantitative estimate of drug-likeness (QED) is 0.682. The number of carbonyl (C=O) groups excluding carboxylic acids is 2. The van der Waals surface area contributed by atoms with Crippen LogP contribution in [0.1, 0.15) is 40.7 Å². The van der Waals surface area contributed by atoms with E-state index in [9.17, 15) is 18.0 Å². The number of carbonyl (C=O) groups is 2. The van der Waals surface area contributed by atoms with Crippen LogP contribution in [0.5, 0.6) is 0 Å². The summed E-state index contributed by atoms with van der Waals surface area (Å²) < 4.78 is 32.4. The molecular formula is C22H26N2O5S. The van der Waals surface area contributed by atoms with Crippen molar-refractivity contribution in [3.8, 4) is 0 Å². The molecule has 1 fully saturated rings. The van der Waals surface area contributed by atoms with Gasteiger partial charge in [0.1, 0.15) is 13.2 Å². The van der Waals surface area contributed by atoms with Crippen LogP contribution >= 0.6 is 0 Å². The van der Waals surface area contributed by atoms with E-state index in [0.717, 1.165) is 24.8 Å². The topological polar surface area (TPSA) is 92.8 Å². The van der Waals surface area contributed by atoms with Gasteiger partial charge in [-0.2, -0.15) is 4.31 Å². The monoisotopic (exact) mass is 430 g/mol. The molecule has 0 aromatic heterocycles. The first kappa shape index (κ1) is 22.0. The molecule has 0 unspecified atom stereocenters. The van der Waals surface area contributed by atoms with Crippen molar-refractivity contribution in [1.82, 2.24) is 9.62 Å². The van der Waals surface area contributed by atoms with Gasteiger partial charge in [-0.1, -0.05) is 42.8 Å². The Kier molecular flexibility index (Phi) is 7.23. The van der Waals surface area contributed by atoms with Crippen LogP contribution in [0.2, 0.25) is 0 Å². The highest BCUT2D eigenvalue weighted by molar-refractivity contribution is 7.89. The lowest BCUT2D eigenvalue weighted by Gasteiger charge is -2.26. The molecule has 0 radical (unpaired) electrons. The molecule has 1 amide bonds. The predicted octanol–water partition coefficient (Wildman–Crippen LogP) is 2.64. The van der Waals surface area contributed by atoms with Gasteiger partial charge in [-0.05, 0) is 43.0 Å². The van der Waals surface area contributed by atoms with Crippen molar-refractivity contribution in [1.29, 1.82) is 0 Å². The van der Waals surface area contributed by atoms with Crippen molar-refractivity contribution in [2.75, 3.05) is 19.6 Å². The van der Waals surface area contributed by atoms with Crippen LogP contribution < -0.4 is 5.32 Å². The zero-order valence-electron chi connectivity index (χ0n) is 17.0. The number of aryl methyl sites for hydroxylation is 1. The maximum absolute atomic E-state index is 12.9. The second-order valence-corrected chi connectivity index (χ2v) is 9.21. The molecule has 160 valence electrons. The maximum Gasteiger partial charge on any atom is 0.325 e. The zero-order chi connectivity index (χ0) is 21.6. The van der Waals surface area contributed by atoms with Crippen LogP contribution in [0.3, 0.4) is 0 Å². The van der Waals surface area contributed by atoms with Gasteiger partial charge in [0, 0.05) is 18.7 Å². The molecule has 1 aliphatic rings. The average molecular weight is 431 g/mol. The van der Waals surface area contributed by atoms with Crippen LogP contribution in [-0.2, 0) is 26.2 Å². The SMILES string of the molecule is Cc1ccc(S(=O)(=O)N2CCCCC2)cc1C(=O)NCC(=O)OCc1ccccc1. The van der Waals surface area contributed by atoms with Crippen LogP contribution in [0.25, 0.3) is 0 Å². The fourth-order valence-electron chi connectivity index (χ4n) is 3.30. The first-order valence-electron chi connectivity index (χ1n) is 9.96. The molecule has 1 aliphatic heterocycles. The van der Waals surface area contributed by atoms with E-state index in [-0.39, 0.29) is 23.6 Å². The van der Waals surface area contributed by atoms with Gasteiger partial charge in [0.15, 0.2) is 0 Å². The maximum atomic E-state index is 12.9. The Labute approximate surface area is 177 Å². The number of nitrogens with zero attached hydrogens (tertiary/aromatic N) is 1. The third kappa shape index (κ3) is 5.46. The summed E-state index contributed by atoms with van der Waals surface area (Å²) in [5.74, 6) is -1.08. The van der Waals surface area contributed by atoms with Crippen LogP contribution in [-0.4, -0.2) is 44.2 Å². The number of sulfonamides is 1. The molecule has 0 bridgehead atoms. The van der Waals surface area contributed by atoms with Gasteiger partial charge in [-0.3, -0.25) is 9.59 Å². The van der Waals surface area contributed by atoms with Gasteiger partial charge < -0.3 is 10.1 Å². The third-order valence-electron chi connectivity index (χ3n) is 5.04. The molecule has 0 aliphatic carbocycles. The number of hydrogen-bond donors (Lipinski definition) is 1. The molecule has 2 aromatic carbocycles. The van der Waals surface area contributed by atoms with E-state index >= 15 is 0 Å². The minimum Gasteiger partial charge on any atom is -0.460 e. The lowest BCUT2D eigenvalue weighted by Crippen LogP contribution is -2.36. The molecule has 2 aromatic rings. The predicted molar refractivity (Wildman–Crippen MR) is 112 cm³/mol. The summed E-state index contributed by atoms with van der Waals surface area (Å²) in [6.07, 6.45) is 2.70. The highest BCUT2D eigenvalue weighted by atomic mass is 32.2. The number of amides is 1. The number of benzene rings is 2. The van der Waals surface area contributed by atoms with Gasteiger partial charge in [0.25, 0.3) is 5.91 Å². The highest BCUT2D eigenvalue weighted by Crippen LogP contribution is 2.22. The van der Waals surface area contributed by atoms with Gasteiger partial charge in [0.2, 0.25) is 10.0 Å². The fraction of sp³-hybridized carbons (Fsp3) is 0.364. The summed E-state index contributed by atoms with van der Waals surface area (Å²) in [4.78, 5) is 24.6. The second kappa shape index (κ2) is 9.86. The Balaban J connectivity index is 1.62. The van der Waals surface area contributed by atoms with Crippen molar-refractivity contribution in [2.45, 2.75) is 37.7 Å². The van der Waals surface area contributed by atoms with E-state index in [1.54, 1.807) is 13.0 Å². The summed E-state index contributed by atoms with van der Waals surface area (Å²) >= 11 is 0. The van der Waals surface area contributed by atoms with Crippen molar-refractivity contribution in [3.63, 3.8) is 0 Å². The van der Waals surface area contributed by atoms with Crippen molar-refractivity contribution >= 4 is 21.9 Å². The molecule has 3 rings (SSSR count). The summed E-state index contributed by atoms with van der Waals surface area (Å²) in [6, 6.07) is 13.7. The Morgan fingerprint density at radius 2 is 1.73 bits per heavy atom. The Bertz CT molecular complexity index is 999. The van der Waals surface area contributed by atoms with E-state index in [1.165, 1.54) is 16.4 Å². The van der Waals surface area contributed by atoms with Crippen molar-refractivity contribution < 1.29 is 22.7 Å². The largest absolute Gasteiger partial charge is 0.460 e.